The van der Waals surface area contributed by atoms with E-state index in [1.54, 1.807) is 7.11 Å². The van der Waals surface area contributed by atoms with Gasteiger partial charge >= 0.3 is 0 Å². The number of thiocarbonyl (C=S) groups is 1. The third kappa shape index (κ3) is 7.34. The molecular weight excluding hydrogens is 182 g/mol. The molecule has 0 saturated carbocycles. The van der Waals surface area contributed by atoms with Crippen molar-refractivity contribution in [2.75, 3.05) is 13.7 Å². The molecule has 0 heterocycles. The van der Waals surface area contributed by atoms with Crippen LogP contribution < -0.4 is 0 Å². The van der Waals surface area contributed by atoms with Gasteiger partial charge in [0.05, 0.1) is 10.8 Å². The van der Waals surface area contributed by atoms with Gasteiger partial charge in [-0.1, -0.05) is 18.2 Å². The highest BCUT2D eigenvalue weighted by molar-refractivity contribution is 7.78. The summed E-state index contributed by atoms with van der Waals surface area (Å²) in [5.41, 5.74) is 0.854. The van der Waals surface area contributed by atoms with E-state index in [1.165, 1.54) is 0 Å². The van der Waals surface area contributed by atoms with Crippen molar-refractivity contribution in [3.05, 3.63) is 30.3 Å². The Morgan fingerprint density at radius 3 is 2.31 bits per heavy atom. The van der Waals surface area contributed by atoms with E-state index in [0.29, 0.717) is 0 Å². The zero-order chi connectivity index (χ0) is 9.94. The number of para-hydroxylation sites is 1. The Morgan fingerprint density at radius 1 is 1.38 bits per heavy atom. The molecule has 1 aromatic carbocycles. The van der Waals surface area contributed by atoms with Gasteiger partial charge in [0.25, 0.3) is 0 Å². The Kier molecular flexibility index (Phi) is 8.36. The molecule has 3 heteroatoms. The molecule has 0 unspecified atom stereocenters. The van der Waals surface area contributed by atoms with E-state index in [0.717, 1.165) is 12.3 Å². The zero-order valence-corrected chi connectivity index (χ0v) is 8.67. The van der Waals surface area contributed by atoms with Crippen molar-refractivity contribution in [2.45, 2.75) is 6.92 Å². The van der Waals surface area contributed by atoms with Crippen LogP contribution >= 0.6 is 12.2 Å². The van der Waals surface area contributed by atoms with Gasteiger partial charge in [-0.25, -0.2) is 0 Å². The minimum absolute atomic E-state index is 0.819. The Hall–Kier alpha value is -1.02. The normalized spacial score (nSPS) is 7.85. The van der Waals surface area contributed by atoms with E-state index < -0.39 is 0 Å². The highest BCUT2D eigenvalue weighted by Gasteiger charge is 1.79. The van der Waals surface area contributed by atoms with Gasteiger partial charge in [-0.3, -0.25) is 0 Å². The van der Waals surface area contributed by atoms with E-state index in [-0.39, 0.29) is 0 Å². The van der Waals surface area contributed by atoms with E-state index in [1.807, 2.05) is 37.3 Å². The number of methoxy groups -OCH3 is 1. The predicted molar refractivity (Wildman–Crippen MR) is 58.7 cm³/mol. The third-order valence-corrected chi connectivity index (χ3v) is 1.31. The molecule has 0 aliphatic heterocycles. The van der Waals surface area contributed by atoms with Crippen LogP contribution in [0.3, 0.4) is 0 Å². The molecule has 13 heavy (non-hydrogen) atoms. The van der Waals surface area contributed by atoms with Crippen LogP contribution in [0.4, 0.5) is 5.69 Å². The van der Waals surface area contributed by atoms with Gasteiger partial charge in [-0.2, -0.15) is 4.99 Å². The molecule has 0 N–H and O–H groups in total. The highest BCUT2D eigenvalue weighted by atomic mass is 32.1. The number of benzene rings is 1. The van der Waals surface area contributed by atoms with Crippen molar-refractivity contribution in [1.82, 2.24) is 0 Å². The van der Waals surface area contributed by atoms with Crippen LogP contribution in [0, 0.1) is 0 Å². The minimum Gasteiger partial charge on any atom is -0.385 e. The molecule has 0 bridgehead atoms. The maximum absolute atomic E-state index is 4.54. The lowest BCUT2D eigenvalue weighted by atomic mass is 10.3. The predicted octanol–water partition coefficient (Wildman–Crippen LogP) is 3.07. The lowest BCUT2D eigenvalue weighted by Crippen LogP contribution is -1.73. The van der Waals surface area contributed by atoms with Crippen LogP contribution in [-0.4, -0.2) is 18.9 Å². The second-order valence-electron chi connectivity index (χ2n) is 2.12. The highest BCUT2D eigenvalue weighted by Crippen LogP contribution is 2.07. The molecule has 1 aromatic rings. The molecule has 0 aliphatic rings. The molecule has 0 amide bonds. The molecule has 1 rings (SSSR count). The van der Waals surface area contributed by atoms with Gasteiger partial charge < -0.3 is 4.74 Å². The number of rotatable bonds is 2. The summed E-state index contributed by atoms with van der Waals surface area (Å²) in [5, 5.41) is 2.29. The number of ether oxygens (including phenoxy) is 1. The van der Waals surface area contributed by atoms with E-state index in [9.17, 15) is 0 Å². The van der Waals surface area contributed by atoms with Crippen molar-refractivity contribution < 1.29 is 4.74 Å². The van der Waals surface area contributed by atoms with Gasteiger partial charge in [0.15, 0.2) is 0 Å². The summed E-state index contributed by atoms with van der Waals surface area (Å²) in [6, 6.07) is 9.50. The second-order valence-corrected chi connectivity index (χ2v) is 2.30. The monoisotopic (exact) mass is 195 g/mol. The lowest BCUT2D eigenvalue weighted by molar-refractivity contribution is 0.215. The van der Waals surface area contributed by atoms with Crippen LogP contribution in [-0.2, 0) is 4.74 Å². The van der Waals surface area contributed by atoms with Crippen LogP contribution in [0.1, 0.15) is 6.92 Å². The average molecular weight is 195 g/mol. The Balaban J connectivity index is 0.000000310. The van der Waals surface area contributed by atoms with E-state index in [2.05, 4.69) is 27.1 Å². The Morgan fingerprint density at radius 2 is 1.92 bits per heavy atom. The molecule has 70 valence electrons. The summed E-state index contributed by atoms with van der Waals surface area (Å²) in [4.78, 5) is 3.77. The van der Waals surface area contributed by atoms with Crippen molar-refractivity contribution in [2.24, 2.45) is 4.99 Å². The first kappa shape index (κ1) is 12.0. The number of nitrogens with zero attached hydrogens (tertiary/aromatic N) is 1. The number of isothiocyanates is 1. The number of hydrogen-bond acceptors (Lipinski definition) is 3. The molecule has 0 radical (unpaired) electrons. The number of aliphatic imine (C=N–C) groups is 1. The topological polar surface area (TPSA) is 21.6 Å². The fraction of sp³-hybridized carbons (Fsp3) is 0.300. The Labute approximate surface area is 84.3 Å². The quantitative estimate of drug-likeness (QED) is 0.534. The molecule has 0 spiro atoms. The van der Waals surface area contributed by atoms with E-state index in [4.69, 9.17) is 0 Å². The van der Waals surface area contributed by atoms with Crippen molar-refractivity contribution >= 4 is 23.1 Å². The van der Waals surface area contributed by atoms with Crippen molar-refractivity contribution in [3.8, 4) is 0 Å². The zero-order valence-electron chi connectivity index (χ0n) is 7.86. The average Bonchev–Trinajstić information content (AvgIpc) is 2.20. The first-order valence-electron chi connectivity index (χ1n) is 3.97. The summed E-state index contributed by atoms with van der Waals surface area (Å²) in [5.74, 6) is 0. The first-order chi connectivity index (χ1) is 6.35. The molecule has 0 atom stereocenters. The fourth-order valence-electron chi connectivity index (χ4n) is 0.555. The molecule has 0 fully saturated rings. The molecule has 0 aliphatic carbocycles. The van der Waals surface area contributed by atoms with Gasteiger partial charge in [0.2, 0.25) is 0 Å². The van der Waals surface area contributed by atoms with Gasteiger partial charge in [0, 0.05) is 13.7 Å². The van der Waals surface area contributed by atoms with Crippen LogP contribution in [0.5, 0.6) is 0 Å². The molecule has 2 nitrogen and oxygen atoms in total. The maximum Gasteiger partial charge on any atom is 0.0739 e. The van der Waals surface area contributed by atoms with Crippen LogP contribution in [0.25, 0.3) is 0 Å². The third-order valence-electron chi connectivity index (χ3n) is 1.22. The van der Waals surface area contributed by atoms with Crippen molar-refractivity contribution in [3.63, 3.8) is 0 Å². The summed E-state index contributed by atoms with van der Waals surface area (Å²) in [6.07, 6.45) is 0. The van der Waals surface area contributed by atoms with Gasteiger partial charge in [-0.05, 0) is 31.3 Å². The molecule has 0 aromatic heterocycles. The summed E-state index contributed by atoms with van der Waals surface area (Å²) < 4.78 is 4.54. The van der Waals surface area contributed by atoms with Crippen LogP contribution in [0.15, 0.2) is 35.3 Å². The van der Waals surface area contributed by atoms with E-state index >= 15 is 0 Å². The summed E-state index contributed by atoms with van der Waals surface area (Å²) >= 11 is 4.42. The standard InChI is InChI=1S/C7H5NS.C3H8O/c9-6-8-7-4-2-1-3-5-7;1-3-4-2/h1-5H;3H2,1-2H3. The summed E-state index contributed by atoms with van der Waals surface area (Å²) in [7, 11) is 1.68. The largest absolute Gasteiger partial charge is 0.385 e. The Bertz CT molecular complexity index is 253. The maximum atomic E-state index is 4.54. The van der Waals surface area contributed by atoms with Gasteiger partial charge in [-0.15, -0.1) is 0 Å². The first-order valence-corrected chi connectivity index (χ1v) is 4.37. The lowest BCUT2D eigenvalue weighted by Gasteiger charge is -1.83. The van der Waals surface area contributed by atoms with Crippen molar-refractivity contribution in [1.29, 1.82) is 0 Å². The summed E-state index contributed by atoms with van der Waals surface area (Å²) in [6.45, 7) is 2.78. The fourth-order valence-corrected chi connectivity index (χ4v) is 0.661. The second kappa shape index (κ2) is 9.07. The number of hydrogen-bond donors (Lipinski definition) is 0. The minimum atomic E-state index is 0.819. The SMILES string of the molecule is CCOC.S=C=Nc1ccccc1. The van der Waals surface area contributed by atoms with Crippen LogP contribution in [0.2, 0.25) is 0 Å². The molecule has 0 saturated heterocycles. The van der Waals surface area contributed by atoms with Gasteiger partial charge in [0.1, 0.15) is 0 Å². The smallest absolute Gasteiger partial charge is 0.0739 e. The molecular formula is C10H13NOS.